The third-order valence-corrected chi connectivity index (χ3v) is 3.12. The second kappa shape index (κ2) is 5.23. The number of nitrogens with one attached hydrogen (secondary N) is 2. The summed E-state index contributed by atoms with van der Waals surface area (Å²) in [5.41, 5.74) is 3.00. The van der Waals surface area contributed by atoms with Gasteiger partial charge in [-0.3, -0.25) is 4.79 Å². The molecule has 1 atom stereocenters. The number of carbonyl (C=O) groups is 1. The average Bonchev–Trinajstić information content (AvgIpc) is 2.66. The van der Waals surface area contributed by atoms with Gasteiger partial charge in [-0.15, -0.1) is 6.58 Å². The minimum atomic E-state index is -0.219. The molecule has 4 heteroatoms. The Balaban J connectivity index is 2.27. The minimum absolute atomic E-state index is 0.0235. The molecule has 1 aromatic carbocycles. The van der Waals surface area contributed by atoms with Crippen LogP contribution in [0.4, 0.5) is 11.4 Å². The van der Waals surface area contributed by atoms with E-state index in [1.54, 1.807) is 0 Å². The molecule has 1 aliphatic heterocycles. The molecular weight excluding hydrogens is 226 g/mol. The predicted molar refractivity (Wildman–Crippen MR) is 75.0 cm³/mol. The SMILES string of the molecule is C=CCN(C)c1ccc2c(c1)NC(=O)C2NCC. The summed E-state index contributed by atoms with van der Waals surface area (Å²) in [5, 5.41) is 6.10. The molecule has 2 rings (SSSR count). The van der Waals surface area contributed by atoms with Crippen molar-refractivity contribution in [3.05, 3.63) is 36.4 Å². The first-order valence-electron chi connectivity index (χ1n) is 6.17. The molecule has 0 saturated carbocycles. The summed E-state index contributed by atoms with van der Waals surface area (Å²) in [6.07, 6.45) is 1.85. The molecule has 1 unspecified atom stereocenters. The number of nitrogens with zero attached hydrogens (tertiary/aromatic N) is 1. The van der Waals surface area contributed by atoms with E-state index in [0.717, 1.165) is 30.0 Å². The molecule has 0 aliphatic carbocycles. The van der Waals surface area contributed by atoms with Crippen molar-refractivity contribution in [1.29, 1.82) is 0 Å². The highest BCUT2D eigenvalue weighted by Crippen LogP contribution is 2.33. The van der Waals surface area contributed by atoms with Gasteiger partial charge in [0.25, 0.3) is 0 Å². The lowest BCUT2D eigenvalue weighted by molar-refractivity contribution is -0.117. The van der Waals surface area contributed by atoms with Crippen LogP contribution in [0.2, 0.25) is 0 Å². The van der Waals surface area contributed by atoms with Crippen LogP contribution in [0.25, 0.3) is 0 Å². The first kappa shape index (κ1) is 12.6. The fourth-order valence-electron chi connectivity index (χ4n) is 2.19. The molecule has 4 nitrogen and oxygen atoms in total. The number of carbonyl (C=O) groups excluding carboxylic acids is 1. The van der Waals surface area contributed by atoms with Crippen molar-refractivity contribution < 1.29 is 4.79 Å². The molecule has 0 fully saturated rings. The number of amides is 1. The van der Waals surface area contributed by atoms with Gasteiger partial charge >= 0.3 is 0 Å². The normalized spacial score (nSPS) is 17.2. The van der Waals surface area contributed by atoms with Gasteiger partial charge < -0.3 is 15.5 Å². The Morgan fingerprint density at radius 3 is 3.00 bits per heavy atom. The first-order valence-corrected chi connectivity index (χ1v) is 6.17. The minimum Gasteiger partial charge on any atom is -0.371 e. The van der Waals surface area contributed by atoms with E-state index in [4.69, 9.17) is 0 Å². The summed E-state index contributed by atoms with van der Waals surface area (Å²) in [4.78, 5) is 13.9. The van der Waals surface area contributed by atoms with Crippen LogP contribution in [-0.2, 0) is 4.79 Å². The lowest BCUT2D eigenvalue weighted by Crippen LogP contribution is -2.27. The van der Waals surface area contributed by atoms with Crippen molar-refractivity contribution in [3.63, 3.8) is 0 Å². The number of hydrogen-bond donors (Lipinski definition) is 2. The molecule has 2 N–H and O–H groups in total. The van der Waals surface area contributed by atoms with Gasteiger partial charge in [0.1, 0.15) is 6.04 Å². The number of anilines is 2. The Hall–Kier alpha value is -1.81. The number of hydrogen-bond acceptors (Lipinski definition) is 3. The third kappa shape index (κ3) is 2.24. The Morgan fingerprint density at radius 1 is 1.56 bits per heavy atom. The molecule has 18 heavy (non-hydrogen) atoms. The lowest BCUT2D eigenvalue weighted by atomic mass is 10.1. The first-order chi connectivity index (χ1) is 8.67. The highest BCUT2D eigenvalue weighted by atomic mass is 16.2. The number of benzene rings is 1. The number of fused-ring (bicyclic) bond motifs is 1. The Labute approximate surface area is 108 Å². The van der Waals surface area contributed by atoms with Gasteiger partial charge in [-0.2, -0.15) is 0 Å². The summed E-state index contributed by atoms with van der Waals surface area (Å²) in [7, 11) is 2.00. The average molecular weight is 245 g/mol. The lowest BCUT2D eigenvalue weighted by Gasteiger charge is -2.18. The van der Waals surface area contributed by atoms with Gasteiger partial charge in [-0.25, -0.2) is 0 Å². The van der Waals surface area contributed by atoms with E-state index < -0.39 is 0 Å². The monoisotopic (exact) mass is 245 g/mol. The molecule has 1 amide bonds. The summed E-state index contributed by atoms with van der Waals surface area (Å²) in [6, 6.07) is 5.83. The topological polar surface area (TPSA) is 44.4 Å². The van der Waals surface area contributed by atoms with Gasteiger partial charge in [-0.05, 0) is 18.7 Å². The van der Waals surface area contributed by atoms with Crippen molar-refractivity contribution >= 4 is 17.3 Å². The van der Waals surface area contributed by atoms with Crippen molar-refractivity contribution in [2.24, 2.45) is 0 Å². The van der Waals surface area contributed by atoms with E-state index in [0.29, 0.717) is 0 Å². The molecule has 96 valence electrons. The molecule has 1 aliphatic rings. The van der Waals surface area contributed by atoms with Crippen molar-refractivity contribution in [2.75, 3.05) is 30.4 Å². The fourth-order valence-corrected chi connectivity index (χ4v) is 2.19. The maximum Gasteiger partial charge on any atom is 0.246 e. The quantitative estimate of drug-likeness (QED) is 0.779. The largest absolute Gasteiger partial charge is 0.371 e. The molecule has 1 aromatic rings. The molecular formula is C14H19N3O. The number of rotatable bonds is 5. The van der Waals surface area contributed by atoms with Gasteiger partial charge in [0.2, 0.25) is 5.91 Å². The second-order valence-corrected chi connectivity index (χ2v) is 4.42. The fraction of sp³-hybridized carbons (Fsp3) is 0.357. The van der Waals surface area contributed by atoms with Crippen LogP contribution in [0.15, 0.2) is 30.9 Å². The van der Waals surface area contributed by atoms with Crippen LogP contribution in [0, 0.1) is 0 Å². The maximum absolute atomic E-state index is 11.8. The van der Waals surface area contributed by atoms with Gasteiger partial charge in [-0.1, -0.05) is 19.1 Å². The van der Waals surface area contributed by atoms with E-state index in [9.17, 15) is 4.79 Å². The molecule has 0 saturated heterocycles. The summed E-state index contributed by atoms with van der Waals surface area (Å²) < 4.78 is 0. The second-order valence-electron chi connectivity index (χ2n) is 4.42. The van der Waals surface area contributed by atoms with Crippen molar-refractivity contribution in [1.82, 2.24) is 5.32 Å². The van der Waals surface area contributed by atoms with Crippen LogP contribution in [-0.4, -0.2) is 26.0 Å². The Bertz CT molecular complexity index is 470. The van der Waals surface area contributed by atoms with Crippen LogP contribution in [0.3, 0.4) is 0 Å². The molecule has 0 aromatic heterocycles. The van der Waals surface area contributed by atoms with E-state index in [1.807, 2.05) is 38.2 Å². The van der Waals surface area contributed by atoms with Gasteiger partial charge in [0.15, 0.2) is 0 Å². The van der Waals surface area contributed by atoms with Gasteiger partial charge in [0.05, 0.1) is 0 Å². The summed E-state index contributed by atoms with van der Waals surface area (Å²) in [5.74, 6) is 0.0235. The molecule has 0 spiro atoms. The maximum atomic E-state index is 11.8. The van der Waals surface area contributed by atoms with Crippen molar-refractivity contribution in [2.45, 2.75) is 13.0 Å². The zero-order valence-electron chi connectivity index (χ0n) is 10.9. The summed E-state index contributed by atoms with van der Waals surface area (Å²) in [6.45, 7) is 7.28. The molecule has 0 bridgehead atoms. The van der Waals surface area contributed by atoms with E-state index in [-0.39, 0.29) is 11.9 Å². The van der Waals surface area contributed by atoms with Crippen LogP contribution < -0.4 is 15.5 Å². The Kier molecular flexibility index (Phi) is 3.67. The van der Waals surface area contributed by atoms with E-state index >= 15 is 0 Å². The van der Waals surface area contributed by atoms with Gasteiger partial charge in [0, 0.05) is 30.5 Å². The predicted octanol–water partition coefficient (Wildman–Crippen LogP) is 1.91. The smallest absolute Gasteiger partial charge is 0.246 e. The highest BCUT2D eigenvalue weighted by Gasteiger charge is 2.29. The van der Waals surface area contributed by atoms with Crippen LogP contribution in [0.5, 0.6) is 0 Å². The highest BCUT2D eigenvalue weighted by molar-refractivity contribution is 6.03. The van der Waals surface area contributed by atoms with E-state index in [1.165, 1.54) is 0 Å². The van der Waals surface area contributed by atoms with Crippen LogP contribution in [0.1, 0.15) is 18.5 Å². The zero-order chi connectivity index (χ0) is 13.1. The number of likely N-dealkylation sites (N-methyl/N-ethyl adjacent to an activating group) is 2. The molecule has 1 heterocycles. The third-order valence-electron chi connectivity index (χ3n) is 3.12. The molecule has 0 radical (unpaired) electrons. The zero-order valence-corrected chi connectivity index (χ0v) is 10.9. The van der Waals surface area contributed by atoms with E-state index in [2.05, 4.69) is 22.1 Å². The standard InChI is InChI=1S/C14H19N3O/c1-4-8-17(3)10-6-7-11-12(9-10)16-14(18)13(11)15-5-2/h4,6-7,9,13,15H,1,5,8H2,2-3H3,(H,16,18). The Morgan fingerprint density at radius 2 is 2.33 bits per heavy atom. The van der Waals surface area contributed by atoms with Crippen LogP contribution >= 0.6 is 0 Å². The van der Waals surface area contributed by atoms with Crippen molar-refractivity contribution in [3.8, 4) is 0 Å². The summed E-state index contributed by atoms with van der Waals surface area (Å²) >= 11 is 0.